The van der Waals surface area contributed by atoms with E-state index in [0.717, 1.165) is 18.9 Å². The summed E-state index contributed by atoms with van der Waals surface area (Å²) in [6, 6.07) is 0. The van der Waals surface area contributed by atoms with Gasteiger partial charge < -0.3 is 10.0 Å². The van der Waals surface area contributed by atoms with Crippen molar-refractivity contribution in [1.29, 1.82) is 0 Å². The van der Waals surface area contributed by atoms with E-state index in [1.165, 1.54) is 19.3 Å². The number of likely N-dealkylation sites (tertiary alicyclic amines) is 1. The van der Waals surface area contributed by atoms with Crippen molar-refractivity contribution >= 4 is 11.9 Å². The van der Waals surface area contributed by atoms with Crippen LogP contribution in [0.2, 0.25) is 0 Å². The van der Waals surface area contributed by atoms with Crippen molar-refractivity contribution in [1.82, 2.24) is 4.90 Å². The molecule has 1 heterocycles. The van der Waals surface area contributed by atoms with Gasteiger partial charge in [0, 0.05) is 19.5 Å². The summed E-state index contributed by atoms with van der Waals surface area (Å²) in [7, 11) is 0. The highest BCUT2D eigenvalue weighted by molar-refractivity contribution is 5.86. The van der Waals surface area contributed by atoms with Crippen molar-refractivity contribution in [2.24, 2.45) is 11.8 Å². The van der Waals surface area contributed by atoms with E-state index in [-0.39, 0.29) is 12.3 Å². The lowest BCUT2D eigenvalue weighted by atomic mass is 9.83. The molecule has 1 atom stereocenters. The van der Waals surface area contributed by atoms with Gasteiger partial charge in [0.1, 0.15) is 0 Å². The molecule has 2 rings (SSSR count). The van der Waals surface area contributed by atoms with E-state index in [0.29, 0.717) is 6.54 Å². The smallest absolute Gasteiger partial charge is 0.308 e. The van der Waals surface area contributed by atoms with E-state index in [4.69, 9.17) is 5.11 Å². The summed E-state index contributed by atoms with van der Waals surface area (Å²) in [4.78, 5) is 23.9. The summed E-state index contributed by atoms with van der Waals surface area (Å²) < 4.78 is 0. The number of carbonyl (C=O) groups excluding carboxylic acids is 1. The second-order valence-corrected chi connectivity index (χ2v) is 4.66. The molecule has 1 aliphatic heterocycles. The number of carboxylic acids is 1. The Morgan fingerprint density at radius 1 is 1.47 bits per heavy atom. The maximum atomic E-state index is 11.5. The molecule has 2 fully saturated rings. The maximum absolute atomic E-state index is 11.5. The summed E-state index contributed by atoms with van der Waals surface area (Å²) >= 11 is 0. The molecule has 4 nitrogen and oxygen atoms in total. The molecule has 15 heavy (non-hydrogen) atoms. The Morgan fingerprint density at radius 3 is 2.67 bits per heavy atom. The van der Waals surface area contributed by atoms with Gasteiger partial charge in [0.2, 0.25) is 5.91 Å². The minimum absolute atomic E-state index is 0.0155. The molecule has 0 bridgehead atoms. The molecule has 1 N–H and O–H groups in total. The fraction of sp³-hybridized carbons (Fsp3) is 0.818. The molecule has 2 aliphatic rings. The van der Waals surface area contributed by atoms with E-state index in [1.54, 1.807) is 4.90 Å². The van der Waals surface area contributed by atoms with Gasteiger partial charge in [0.15, 0.2) is 0 Å². The first-order chi connectivity index (χ1) is 7.16. The Kier molecular flexibility index (Phi) is 2.93. The van der Waals surface area contributed by atoms with Gasteiger partial charge in [0.25, 0.3) is 0 Å². The average Bonchev–Trinajstić information content (AvgIpc) is 2.45. The van der Waals surface area contributed by atoms with Crippen LogP contribution in [0.15, 0.2) is 0 Å². The molecule has 0 aromatic rings. The molecular formula is C11H17NO3. The minimum Gasteiger partial charge on any atom is -0.481 e. The number of amides is 1. The van der Waals surface area contributed by atoms with Gasteiger partial charge in [-0.15, -0.1) is 0 Å². The number of aliphatic carboxylic acids is 1. The van der Waals surface area contributed by atoms with Crippen LogP contribution in [0.3, 0.4) is 0 Å². The number of carbonyl (C=O) groups is 2. The van der Waals surface area contributed by atoms with Crippen molar-refractivity contribution in [2.75, 3.05) is 13.1 Å². The highest BCUT2D eigenvalue weighted by Crippen LogP contribution is 2.30. The molecule has 0 aromatic heterocycles. The van der Waals surface area contributed by atoms with Crippen molar-refractivity contribution in [3.8, 4) is 0 Å². The molecule has 0 radical (unpaired) electrons. The first-order valence-electron chi connectivity index (χ1n) is 5.67. The minimum atomic E-state index is -0.838. The zero-order valence-corrected chi connectivity index (χ0v) is 8.82. The average molecular weight is 211 g/mol. The van der Waals surface area contributed by atoms with E-state index < -0.39 is 11.9 Å². The Balaban J connectivity index is 1.77. The summed E-state index contributed by atoms with van der Waals surface area (Å²) in [5.74, 6) is -0.517. The van der Waals surface area contributed by atoms with Gasteiger partial charge in [-0.1, -0.05) is 19.3 Å². The van der Waals surface area contributed by atoms with E-state index >= 15 is 0 Å². The molecule has 1 aliphatic carbocycles. The second kappa shape index (κ2) is 4.21. The van der Waals surface area contributed by atoms with Crippen LogP contribution in [-0.2, 0) is 9.59 Å². The fourth-order valence-corrected chi connectivity index (χ4v) is 2.27. The summed E-state index contributed by atoms with van der Waals surface area (Å²) in [5, 5.41) is 8.80. The quantitative estimate of drug-likeness (QED) is 0.757. The molecule has 84 valence electrons. The van der Waals surface area contributed by atoms with Gasteiger partial charge in [-0.05, 0) is 12.3 Å². The van der Waals surface area contributed by atoms with Crippen LogP contribution in [-0.4, -0.2) is 35.0 Å². The molecule has 4 heteroatoms. The van der Waals surface area contributed by atoms with Crippen LogP contribution < -0.4 is 0 Å². The number of nitrogens with zero attached hydrogens (tertiary/aromatic N) is 1. The normalized spacial score (nSPS) is 26.8. The third kappa shape index (κ3) is 2.30. The third-order valence-corrected chi connectivity index (χ3v) is 3.60. The fourth-order valence-electron chi connectivity index (χ4n) is 2.27. The standard InChI is InChI=1S/C11H17NO3/c13-10-6-9(11(14)15)7-12(10)5-4-8-2-1-3-8/h8-9H,1-7H2,(H,14,15). The van der Waals surface area contributed by atoms with Crippen LogP contribution in [0.25, 0.3) is 0 Å². The highest BCUT2D eigenvalue weighted by atomic mass is 16.4. The summed E-state index contributed by atoms with van der Waals surface area (Å²) in [6.07, 6.45) is 5.13. The van der Waals surface area contributed by atoms with Gasteiger partial charge in [-0.2, -0.15) is 0 Å². The molecule has 1 saturated heterocycles. The lowest BCUT2D eigenvalue weighted by Crippen LogP contribution is -2.29. The van der Waals surface area contributed by atoms with Gasteiger partial charge in [-0.3, -0.25) is 9.59 Å². The van der Waals surface area contributed by atoms with Crippen LogP contribution in [0.4, 0.5) is 0 Å². The zero-order chi connectivity index (χ0) is 10.8. The lowest BCUT2D eigenvalue weighted by molar-refractivity contribution is -0.141. The Bertz CT molecular complexity index is 273. The molecular weight excluding hydrogens is 194 g/mol. The highest BCUT2D eigenvalue weighted by Gasteiger charge is 2.34. The predicted molar refractivity (Wildman–Crippen MR) is 54.3 cm³/mol. The first-order valence-corrected chi connectivity index (χ1v) is 5.67. The van der Waals surface area contributed by atoms with E-state index in [9.17, 15) is 9.59 Å². The molecule has 1 unspecified atom stereocenters. The van der Waals surface area contributed by atoms with Gasteiger partial charge in [0.05, 0.1) is 5.92 Å². The topological polar surface area (TPSA) is 57.6 Å². The van der Waals surface area contributed by atoms with Crippen molar-refractivity contribution < 1.29 is 14.7 Å². The van der Waals surface area contributed by atoms with Crippen molar-refractivity contribution in [2.45, 2.75) is 32.1 Å². The largest absolute Gasteiger partial charge is 0.481 e. The Hall–Kier alpha value is -1.06. The number of rotatable bonds is 4. The van der Waals surface area contributed by atoms with Crippen LogP contribution in [0, 0.1) is 11.8 Å². The van der Waals surface area contributed by atoms with Crippen molar-refractivity contribution in [3.05, 3.63) is 0 Å². The van der Waals surface area contributed by atoms with Gasteiger partial charge >= 0.3 is 5.97 Å². The molecule has 1 saturated carbocycles. The SMILES string of the molecule is O=C(O)C1CC(=O)N(CCC2CCC2)C1. The predicted octanol–water partition coefficient (Wildman–Crippen LogP) is 1.11. The monoisotopic (exact) mass is 211 g/mol. The number of hydrogen-bond donors (Lipinski definition) is 1. The summed E-state index contributed by atoms with van der Waals surface area (Å²) in [5.41, 5.74) is 0. The van der Waals surface area contributed by atoms with Crippen LogP contribution in [0.1, 0.15) is 32.1 Å². The lowest BCUT2D eigenvalue weighted by Gasteiger charge is -2.27. The Morgan fingerprint density at radius 2 is 2.20 bits per heavy atom. The summed E-state index contributed by atoms with van der Waals surface area (Å²) in [6.45, 7) is 1.17. The maximum Gasteiger partial charge on any atom is 0.308 e. The van der Waals surface area contributed by atoms with E-state index in [2.05, 4.69) is 0 Å². The Labute approximate surface area is 89.3 Å². The van der Waals surface area contributed by atoms with Gasteiger partial charge in [-0.25, -0.2) is 0 Å². The number of hydrogen-bond acceptors (Lipinski definition) is 2. The second-order valence-electron chi connectivity index (χ2n) is 4.66. The van der Waals surface area contributed by atoms with Crippen LogP contribution >= 0.6 is 0 Å². The van der Waals surface area contributed by atoms with E-state index in [1.807, 2.05) is 0 Å². The van der Waals surface area contributed by atoms with Crippen molar-refractivity contribution in [3.63, 3.8) is 0 Å². The molecule has 0 aromatic carbocycles. The molecule has 0 spiro atoms. The van der Waals surface area contributed by atoms with Crippen LogP contribution in [0.5, 0.6) is 0 Å². The number of carboxylic acid groups (broad SMARTS) is 1. The third-order valence-electron chi connectivity index (χ3n) is 3.60. The first kappa shape index (κ1) is 10.5. The molecule has 1 amide bonds. The zero-order valence-electron chi connectivity index (χ0n) is 8.82.